The molecular weight excluding hydrogens is 480 g/mol. The van der Waals surface area contributed by atoms with Crippen molar-refractivity contribution in [2.45, 2.75) is 219 Å². The fraction of sp³-hybridized carbons (Fsp3) is 0.972. The molecule has 0 aromatic carbocycles. The lowest BCUT2D eigenvalue weighted by molar-refractivity contribution is -0.143. The monoisotopic (exact) mass is 555 g/mol. The minimum Gasteiger partial charge on any atom is -0.466 e. The van der Waals surface area contributed by atoms with E-state index in [1.54, 1.807) is 0 Å². The molecule has 0 amide bonds. The van der Waals surface area contributed by atoms with Crippen molar-refractivity contribution in [2.24, 2.45) is 0 Å². The minimum atomic E-state index is 0. The molecule has 0 aromatic rings. The molecule has 0 atom stereocenters. The largest absolute Gasteiger partial charge is 0.466 e. The average molecular weight is 555 g/mol. The SMILES string of the molecule is CCCCCCCCCCCCCCCCCCOC(=O)CCCCCCCCCCCCCCCCC.O. The minimum absolute atomic E-state index is 0. The van der Waals surface area contributed by atoms with Crippen LogP contribution in [0.5, 0.6) is 0 Å². The van der Waals surface area contributed by atoms with Crippen molar-refractivity contribution in [1.82, 2.24) is 0 Å². The van der Waals surface area contributed by atoms with Crippen LogP contribution in [0.1, 0.15) is 219 Å². The van der Waals surface area contributed by atoms with E-state index >= 15 is 0 Å². The number of rotatable bonds is 33. The van der Waals surface area contributed by atoms with E-state index in [0.29, 0.717) is 13.0 Å². The van der Waals surface area contributed by atoms with Gasteiger partial charge in [0.15, 0.2) is 0 Å². The van der Waals surface area contributed by atoms with Gasteiger partial charge in [0.1, 0.15) is 0 Å². The molecule has 0 saturated carbocycles. The molecule has 0 rings (SSSR count). The zero-order chi connectivity index (χ0) is 27.6. The Morgan fingerprint density at radius 1 is 0.359 bits per heavy atom. The third kappa shape index (κ3) is 37.4. The van der Waals surface area contributed by atoms with Crippen molar-refractivity contribution < 1.29 is 15.0 Å². The molecule has 2 N–H and O–H groups in total. The zero-order valence-corrected chi connectivity index (χ0v) is 27.2. The van der Waals surface area contributed by atoms with Crippen LogP contribution in [-0.4, -0.2) is 18.1 Å². The molecule has 0 unspecified atom stereocenters. The third-order valence-electron chi connectivity index (χ3n) is 8.25. The highest BCUT2D eigenvalue weighted by Crippen LogP contribution is 2.15. The molecular formula is C36H74O3. The van der Waals surface area contributed by atoms with Crippen LogP contribution in [-0.2, 0) is 9.53 Å². The van der Waals surface area contributed by atoms with E-state index in [-0.39, 0.29) is 11.4 Å². The van der Waals surface area contributed by atoms with Gasteiger partial charge in [-0.15, -0.1) is 0 Å². The summed E-state index contributed by atoms with van der Waals surface area (Å²) in [4.78, 5) is 11.9. The highest BCUT2D eigenvalue weighted by Gasteiger charge is 2.03. The summed E-state index contributed by atoms with van der Waals surface area (Å²) in [5, 5.41) is 0. The van der Waals surface area contributed by atoms with E-state index in [9.17, 15) is 4.79 Å². The first kappa shape index (κ1) is 40.6. The van der Waals surface area contributed by atoms with Crippen LogP contribution in [0.15, 0.2) is 0 Å². The van der Waals surface area contributed by atoms with Crippen molar-refractivity contribution in [3.8, 4) is 0 Å². The Labute approximate surface area is 246 Å². The van der Waals surface area contributed by atoms with Crippen LogP contribution >= 0.6 is 0 Å². The second kappa shape index (κ2) is 37.4. The molecule has 0 aliphatic carbocycles. The van der Waals surface area contributed by atoms with Crippen LogP contribution in [0.25, 0.3) is 0 Å². The fourth-order valence-electron chi connectivity index (χ4n) is 5.55. The lowest BCUT2D eigenvalue weighted by Crippen LogP contribution is -2.05. The van der Waals surface area contributed by atoms with Crippen molar-refractivity contribution in [3.05, 3.63) is 0 Å². The normalized spacial score (nSPS) is 11.0. The van der Waals surface area contributed by atoms with Gasteiger partial charge in [-0.2, -0.15) is 0 Å². The Morgan fingerprint density at radius 2 is 0.590 bits per heavy atom. The van der Waals surface area contributed by atoms with Gasteiger partial charge in [-0.3, -0.25) is 4.79 Å². The fourth-order valence-corrected chi connectivity index (χ4v) is 5.55. The quantitative estimate of drug-likeness (QED) is 0.0598. The molecule has 39 heavy (non-hydrogen) atoms. The number of hydrogen-bond acceptors (Lipinski definition) is 2. The second-order valence-electron chi connectivity index (χ2n) is 12.2. The maximum Gasteiger partial charge on any atom is 0.305 e. The molecule has 0 aliphatic rings. The topological polar surface area (TPSA) is 57.8 Å². The van der Waals surface area contributed by atoms with Gasteiger partial charge >= 0.3 is 5.97 Å². The molecule has 0 radical (unpaired) electrons. The van der Waals surface area contributed by atoms with Crippen molar-refractivity contribution in [2.75, 3.05) is 6.61 Å². The van der Waals surface area contributed by atoms with Crippen LogP contribution < -0.4 is 0 Å². The summed E-state index contributed by atoms with van der Waals surface area (Å²) < 4.78 is 5.44. The molecule has 0 heterocycles. The maximum absolute atomic E-state index is 11.9. The lowest BCUT2D eigenvalue weighted by atomic mass is 10.0. The number of ether oxygens (including phenoxy) is 1. The van der Waals surface area contributed by atoms with Crippen LogP contribution in [0, 0.1) is 0 Å². The van der Waals surface area contributed by atoms with E-state index in [0.717, 1.165) is 12.8 Å². The van der Waals surface area contributed by atoms with Crippen molar-refractivity contribution >= 4 is 5.97 Å². The first-order valence-corrected chi connectivity index (χ1v) is 18.0. The summed E-state index contributed by atoms with van der Waals surface area (Å²) in [6, 6.07) is 0. The Bertz CT molecular complexity index is 437. The summed E-state index contributed by atoms with van der Waals surface area (Å²) in [6.45, 7) is 5.22. The van der Waals surface area contributed by atoms with Gasteiger partial charge in [0.25, 0.3) is 0 Å². The van der Waals surface area contributed by atoms with E-state index in [1.165, 1.54) is 186 Å². The molecule has 0 fully saturated rings. The molecule has 236 valence electrons. The van der Waals surface area contributed by atoms with Gasteiger partial charge in [0.2, 0.25) is 0 Å². The van der Waals surface area contributed by atoms with E-state index in [4.69, 9.17) is 4.74 Å². The molecule has 0 spiro atoms. The Morgan fingerprint density at radius 3 is 0.872 bits per heavy atom. The summed E-state index contributed by atoms with van der Waals surface area (Å²) in [7, 11) is 0. The Balaban J connectivity index is 0. The van der Waals surface area contributed by atoms with Crippen LogP contribution in [0.4, 0.5) is 0 Å². The van der Waals surface area contributed by atoms with Gasteiger partial charge < -0.3 is 10.2 Å². The second-order valence-corrected chi connectivity index (χ2v) is 12.2. The van der Waals surface area contributed by atoms with Gasteiger partial charge in [0, 0.05) is 6.42 Å². The lowest BCUT2D eigenvalue weighted by Gasteiger charge is -2.06. The zero-order valence-electron chi connectivity index (χ0n) is 27.2. The summed E-state index contributed by atoms with van der Waals surface area (Å²) in [6.07, 6.45) is 43.1. The predicted octanol–water partition coefficient (Wildman–Crippen LogP) is 12.2. The number of hydrogen-bond donors (Lipinski definition) is 0. The van der Waals surface area contributed by atoms with Gasteiger partial charge in [-0.25, -0.2) is 0 Å². The van der Waals surface area contributed by atoms with E-state index in [1.807, 2.05) is 0 Å². The molecule has 0 saturated heterocycles. The van der Waals surface area contributed by atoms with E-state index < -0.39 is 0 Å². The maximum atomic E-state index is 11.9. The van der Waals surface area contributed by atoms with Gasteiger partial charge in [0.05, 0.1) is 6.61 Å². The number of carbonyl (C=O) groups excluding carboxylic acids is 1. The molecule has 0 bridgehead atoms. The summed E-state index contributed by atoms with van der Waals surface area (Å²) in [5.41, 5.74) is 0. The number of unbranched alkanes of at least 4 members (excludes halogenated alkanes) is 29. The van der Waals surface area contributed by atoms with Gasteiger partial charge in [-0.05, 0) is 12.8 Å². The number of esters is 1. The molecule has 3 nitrogen and oxygen atoms in total. The van der Waals surface area contributed by atoms with Crippen molar-refractivity contribution in [1.29, 1.82) is 0 Å². The molecule has 0 aromatic heterocycles. The average Bonchev–Trinajstić information content (AvgIpc) is 2.92. The number of carbonyl (C=O) groups is 1. The first-order valence-electron chi connectivity index (χ1n) is 18.0. The van der Waals surface area contributed by atoms with Gasteiger partial charge in [-0.1, -0.05) is 200 Å². The Hall–Kier alpha value is -0.570. The Kier molecular flexibility index (Phi) is 38.9. The van der Waals surface area contributed by atoms with Crippen LogP contribution in [0.2, 0.25) is 0 Å². The summed E-state index contributed by atoms with van der Waals surface area (Å²) >= 11 is 0. The summed E-state index contributed by atoms with van der Waals surface area (Å²) in [5.74, 6) is 0.0284. The van der Waals surface area contributed by atoms with Crippen molar-refractivity contribution in [3.63, 3.8) is 0 Å². The molecule has 3 heteroatoms. The highest BCUT2D eigenvalue weighted by molar-refractivity contribution is 5.69. The predicted molar refractivity (Wildman–Crippen MR) is 174 cm³/mol. The third-order valence-corrected chi connectivity index (χ3v) is 8.25. The highest BCUT2D eigenvalue weighted by atomic mass is 16.5. The van der Waals surface area contributed by atoms with Crippen LogP contribution in [0.3, 0.4) is 0 Å². The first-order chi connectivity index (χ1) is 18.8. The standard InChI is InChI=1S/C36H72O2.H2O/c1-3-5-7-9-11-13-15-17-19-21-23-25-27-29-31-33-35-38-36(37)34-32-30-28-26-24-22-20-18-16-14-12-10-8-6-4-2;/h3-35H2,1-2H3;1H2. The molecule has 0 aliphatic heterocycles. The smallest absolute Gasteiger partial charge is 0.305 e. The van der Waals surface area contributed by atoms with E-state index in [2.05, 4.69) is 13.8 Å².